The number of nitrogens with one attached hydrogen (secondary N) is 1. The number of rotatable bonds is 7. The normalized spacial score (nSPS) is 13.5. The topological polar surface area (TPSA) is 86.6 Å². The Morgan fingerprint density at radius 3 is 2.30 bits per heavy atom. The summed E-state index contributed by atoms with van der Waals surface area (Å²) in [5, 5.41) is 20.8. The molecule has 0 spiro atoms. The number of aliphatic carboxylic acids is 1. The number of carbonyl (C=O) groups excluding carboxylic acids is 1. The third-order valence-electron chi connectivity index (χ3n) is 3.20. The SMILES string of the molecule is CC(CCCC(C)C(=O)O)NC(=O)c1ccc(O)cc1. The van der Waals surface area contributed by atoms with E-state index >= 15 is 0 Å². The summed E-state index contributed by atoms with van der Waals surface area (Å²) in [5.74, 6) is -1.21. The monoisotopic (exact) mass is 279 g/mol. The van der Waals surface area contributed by atoms with Crippen LogP contribution >= 0.6 is 0 Å². The molecule has 1 amide bonds. The average molecular weight is 279 g/mol. The molecule has 0 bridgehead atoms. The number of hydrogen-bond acceptors (Lipinski definition) is 3. The van der Waals surface area contributed by atoms with Gasteiger partial charge in [-0.05, 0) is 44.0 Å². The van der Waals surface area contributed by atoms with Crippen molar-refractivity contribution in [3.05, 3.63) is 29.8 Å². The minimum atomic E-state index is -0.786. The minimum Gasteiger partial charge on any atom is -0.508 e. The molecule has 0 aliphatic rings. The first-order chi connectivity index (χ1) is 9.40. The van der Waals surface area contributed by atoms with Gasteiger partial charge in [0.1, 0.15) is 5.75 Å². The van der Waals surface area contributed by atoms with E-state index in [-0.39, 0.29) is 23.6 Å². The van der Waals surface area contributed by atoms with Crippen LogP contribution in [-0.2, 0) is 4.79 Å². The lowest BCUT2D eigenvalue weighted by molar-refractivity contribution is -0.141. The molecule has 1 rings (SSSR count). The van der Waals surface area contributed by atoms with E-state index in [0.29, 0.717) is 12.0 Å². The Hall–Kier alpha value is -2.04. The lowest BCUT2D eigenvalue weighted by Gasteiger charge is -2.14. The van der Waals surface area contributed by atoms with Gasteiger partial charge in [0.05, 0.1) is 5.92 Å². The highest BCUT2D eigenvalue weighted by Gasteiger charge is 2.13. The number of phenolic OH excluding ortho intramolecular Hbond substituents is 1. The highest BCUT2D eigenvalue weighted by molar-refractivity contribution is 5.94. The van der Waals surface area contributed by atoms with Crippen molar-refractivity contribution >= 4 is 11.9 Å². The Bertz CT molecular complexity index is 455. The number of hydrogen-bond donors (Lipinski definition) is 3. The van der Waals surface area contributed by atoms with Crippen LogP contribution in [-0.4, -0.2) is 28.1 Å². The summed E-state index contributed by atoms with van der Waals surface area (Å²) in [6.45, 7) is 3.58. The summed E-state index contributed by atoms with van der Waals surface area (Å²) in [4.78, 5) is 22.6. The molecule has 20 heavy (non-hydrogen) atoms. The first-order valence-corrected chi connectivity index (χ1v) is 6.73. The van der Waals surface area contributed by atoms with Crippen molar-refractivity contribution in [2.24, 2.45) is 5.92 Å². The van der Waals surface area contributed by atoms with Crippen molar-refractivity contribution in [1.29, 1.82) is 0 Å². The Labute approximate surface area is 118 Å². The Morgan fingerprint density at radius 1 is 1.15 bits per heavy atom. The molecule has 0 aliphatic heterocycles. The fourth-order valence-corrected chi connectivity index (χ4v) is 1.85. The fourth-order valence-electron chi connectivity index (χ4n) is 1.85. The number of carboxylic acid groups (broad SMARTS) is 1. The molecule has 5 nitrogen and oxygen atoms in total. The van der Waals surface area contributed by atoms with Gasteiger partial charge < -0.3 is 15.5 Å². The first kappa shape index (κ1) is 16.0. The molecule has 2 atom stereocenters. The van der Waals surface area contributed by atoms with E-state index in [0.717, 1.165) is 12.8 Å². The van der Waals surface area contributed by atoms with Gasteiger partial charge in [-0.25, -0.2) is 0 Å². The standard InChI is InChI=1S/C15H21NO4/c1-10(15(19)20)4-3-5-11(2)16-14(18)12-6-8-13(17)9-7-12/h6-11,17H,3-5H2,1-2H3,(H,16,18)(H,19,20). The average Bonchev–Trinajstić information content (AvgIpc) is 2.39. The van der Waals surface area contributed by atoms with Gasteiger partial charge in [0.25, 0.3) is 5.91 Å². The number of phenols is 1. The maximum absolute atomic E-state index is 11.9. The maximum Gasteiger partial charge on any atom is 0.306 e. The summed E-state index contributed by atoms with van der Waals surface area (Å²) in [7, 11) is 0. The van der Waals surface area contributed by atoms with Crippen LogP contribution in [0.1, 0.15) is 43.5 Å². The molecule has 2 unspecified atom stereocenters. The number of amides is 1. The van der Waals surface area contributed by atoms with Crippen LogP contribution in [0.15, 0.2) is 24.3 Å². The van der Waals surface area contributed by atoms with E-state index in [4.69, 9.17) is 10.2 Å². The van der Waals surface area contributed by atoms with Crippen LogP contribution in [0.3, 0.4) is 0 Å². The molecular formula is C15H21NO4. The molecule has 1 aromatic rings. The van der Waals surface area contributed by atoms with Crippen molar-refractivity contribution in [2.45, 2.75) is 39.2 Å². The predicted molar refractivity (Wildman–Crippen MR) is 75.7 cm³/mol. The van der Waals surface area contributed by atoms with E-state index in [9.17, 15) is 9.59 Å². The van der Waals surface area contributed by atoms with Gasteiger partial charge >= 0.3 is 5.97 Å². The fraction of sp³-hybridized carbons (Fsp3) is 0.467. The zero-order chi connectivity index (χ0) is 15.1. The Morgan fingerprint density at radius 2 is 1.75 bits per heavy atom. The van der Waals surface area contributed by atoms with Crippen molar-refractivity contribution in [3.63, 3.8) is 0 Å². The van der Waals surface area contributed by atoms with Crippen LogP contribution < -0.4 is 5.32 Å². The van der Waals surface area contributed by atoms with Crippen LogP contribution in [0.4, 0.5) is 0 Å². The predicted octanol–water partition coefficient (Wildman–Crippen LogP) is 2.40. The number of carbonyl (C=O) groups is 2. The minimum absolute atomic E-state index is 0.0164. The van der Waals surface area contributed by atoms with Crippen molar-refractivity contribution in [2.75, 3.05) is 0 Å². The van der Waals surface area contributed by atoms with Gasteiger partial charge in [-0.1, -0.05) is 13.3 Å². The molecule has 0 saturated heterocycles. The summed E-state index contributed by atoms with van der Waals surface area (Å²) in [5.41, 5.74) is 0.494. The second-order valence-electron chi connectivity index (χ2n) is 5.09. The van der Waals surface area contributed by atoms with Gasteiger partial charge in [-0.15, -0.1) is 0 Å². The van der Waals surface area contributed by atoms with E-state index in [2.05, 4.69) is 5.32 Å². The third-order valence-corrected chi connectivity index (χ3v) is 3.20. The summed E-state index contributed by atoms with van der Waals surface area (Å²) >= 11 is 0. The first-order valence-electron chi connectivity index (χ1n) is 6.73. The molecule has 0 fully saturated rings. The van der Waals surface area contributed by atoms with E-state index in [1.807, 2.05) is 6.92 Å². The molecule has 110 valence electrons. The summed E-state index contributed by atoms with van der Waals surface area (Å²) < 4.78 is 0. The van der Waals surface area contributed by atoms with Crippen LogP contribution in [0.25, 0.3) is 0 Å². The molecule has 1 aromatic carbocycles. The Balaban J connectivity index is 2.35. The molecule has 3 N–H and O–H groups in total. The number of benzene rings is 1. The quantitative estimate of drug-likeness (QED) is 0.715. The molecule has 5 heteroatoms. The molecule has 0 radical (unpaired) electrons. The van der Waals surface area contributed by atoms with Gasteiger partial charge in [-0.3, -0.25) is 9.59 Å². The number of carboxylic acids is 1. The van der Waals surface area contributed by atoms with Crippen LogP contribution in [0.2, 0.25) is 0 Å². The highest BCUT2D eigenvalue weighted by Crippen LogP contribution is 2.12. The van der Waals surface area contributed by atoms with Crippen LogP contribution in [0.5, 0.6) is 5.75 Å². The molecule has 0 heterocycles. The zero-order valence-electron chi connectivity index (χ0n) is 11.8. The lowest BCUT2D eigenvalue weighted by atomic mass is 10.0. The van der Waals surface area contributed by atoms with E-state index in [1.165, 1.54) is 12.1 Å². The lowest BCUT2D eigenvalue weighted by Crippen LogP contribution is -2.32. The molecule has 0 aromatic heterocycles. The second-order valence-corrected chi connectivity index (χ2v) is 5.09. The summed E-state index contributed by atoms with van der Waals surface area (Å²) in [6.07, 6.45) is 2.10. The smallest absolute Gasteiger partial charge is 0.306 e. The van der Waals surface area contributed by atoms with Gasteiger partial charge in [-0.2, -0.15) is 0 Å². The zero-order valence-corrected chi connectivity index (χ0v) is 11.8. The highest BCUT2D eigenvalue weighted by atomic mass is 16.4. The van der Waals surface area contributed by atoms with Crippen LogP contribution in [0, 0.1) is 5.92 Å². The van der Waals surface area contributed by atoms with Crippen molar-refractivity contribution in [3.8, 4) is 5.75 Å². The van der Waals surface area contributed by atoms with Crippen molar-refractivity contribution in [1.82, 2.24) is 5.32 Å². The Kier molecular flexibility index (Phi) is 6.03. The largest absolute Gasteiger partial charge is 0.508 e. The maximum atomic E-state index is 11.9. The third kappa shape index (κ3) is 5.30. The van der Waals surface area contributed by atoms with Gasteiger partial charge in [0.15, 0.2) is 0 Å². The van der Waals surface area contributed by atoms with E-state index in [1.54, 1.807) is 19.1 Å². The van der Waals surface area contributed by atoms with Crippen molar-refractivity contribution < 1.29 is 19.8 Å². The summed E-state index contributed by atoms with van der Waals surface area (Å²) in [6, 6.07) is 6.04. The van der Waals surface area contributed by atoms with Gasteiger partial charge in [0.2, 0.25) is 0 Å². The number of aromatic hydroxyl groups is 1. The molecule has 0 aliphatic carbocycles. The van der Waals surface area contributed by atoms with E-state index < -0.39 is 5.97 Å². The van der Waals surface area contributed by atoms with Gasteiger partial charge in [0, 0.05) is 11.6 Å². The second kappa shape index (κ2) is 7.53. The molecular weight excluding hydrogens is 258 g/mol. The molecule has 0 saturated carbocycles.